The molecule has 1 aliphatic carbocycles. The number of hydrogen-bond donors (Lipinski definition) is 3. The van der Waals surface area contributed by atoms with E-state index in [0.717, 1.165) is 12.1 Å². The number of halogens is 3. The summed E-state index contributed by atoms with van der Waals surface area (Å²) >= 11 is 0. The smallest absolute Gasteiger partial charge is 0.416 e. The maximum absolute atomic E-state index is 12.5. The van der Waals surface area contributed by atoms with E-state index in [2.05, 4.69) is 10.6 Å². The third-order valence-corrected chi connectivity index (χ3v) is 4.15. The lowest BCUT2D eigenvalue weighted by atomic mass is 9.86. The monoisotopic (exact) mass is 344 g/mol. The summed E-state index contributed by atoms with van der Waals surface area (Å²) in [4.78, 5) is 22.7. The number of carbonyl (C=O) groups is 2. The van der Waals surface area contributed by atoms with E-state index in [1.807, 2.05) is 0 Å². The summed E-state index contributed by atoms with van der Waals surface area (Å²) < 4.78 is 37.4. The van der Waals surface area contributed by atoms with Gasteiger partial charge in [0.1, 0.15) is 0 Å². The lowest BCUT2D eigenvalue weighted by Gasteiger charge is -2.26. The molecule has 1 fully saturated rings. The molecule has 8 heteroatoms. The molecule has 5 nitrogen and oxygen atoms in total. The van der Waals surface area contributed by atoms with Crippen LogP contribution < -0.4 is 10.6 Å². The lowest BCUT2D eigenvalue weighted by molar-refractivity contribution is -0.143. The molecule has 2 amide bonds. The van der Waals surface area contributed by atoms with E-state index in [1.165, 1.54) is 12.1 Å². The van der Waals surface area contributed by atoms with Crippen molar-refractivity contribution in [2.75, 3.05) is 0 Å². The van der Waals surface area contributed by atoms with Crippen molar-refractivity contribution in [1.82, 2.24) is 10.6 Å². The molecule has 0 unspecified atom stereocenters. The van der Waals surface area contributed by atoms with E-state index in [-0.39, 0.29) is 18.5 Å². The Bertz CT molecular complexity index is 579. The average molecular weight is 344 g/mol. The van der Waals surface area contributed by atoms with Crippen LogP contribution in [0.4, 0.5) is 18.0 Å². The fourth-order valence-electron chi connectivity index (χ4n) is 2.72. The van der Waals surface area contributed by atoms with Gasteiger partial charge in [-0.05, 0) is 43.4 Å². The van der Waals surface area contributed by atoms with Crippen molar-refractivity contribution in [2.45, 2.75) is 44.4 Å². The molecule has 0 heterocycles. The van der Waals surface area contributed by atoms with E-state index >= 15 is 0 Å². The molecule has 0 saturated heterocycles. The second kappa shape index (κ2) is 7.55. The van der Waals surface area contributed by atoms with Crippen molar-refractivity contribution >= 4 is 12.0 Å². The van der Waals surface area contributed by atoms with Crippen molar-refractivity contribution in [2.24, 2.45) is 5.92 Å². The molecule has 132 valence electrons. The number of carboxylic acids is 1. The molecular weight excluding hydrogens is 325 g/mol. The highest BCUT2D eigenvalue weighted by molar-refractivity contribution is 5.74. The molecule has 1 saturated carbocycles. The van der Waals surface area contributed by atoms with E-state index in [1.54, 1.807) is 0 Å². The van der Waals surface area contributed by atoms with Crippen molar-refractivity contribution < 1.29 is 27.9 Å². The van der Waals surface area contributed by atoms with Crippen molar-refractivity contribution in [1.29, 1.82) is 0 Å². The Kier molecular flexibility index (Phi) is 5.69. The molecule has 1 aromatic rings. The van der Waals surface area contributed by atoms with Gasteiger partial charge < -0.3 is 15.7 Å². The summed E-state index contributed by atoms with van der Waals surface area (Å²) in [6.07, 6.45) is -2.12. The van der Waals surface area contributed by atoms with Crippen LogP contribution in [0.25, 0.3) is 0 Å². The first kappa shape index (κ1) is 18.1. The van der Waals surface area contributed by atoms with Gasteiger partial charge in [0.15, 0.2) is 0 Å². The quantitative estimate of drug-likeness (QED) is 0.785. The topological polar surface area (TPSA) is 78.4 Å². The summed E-state index contributed by atoms with van der Waals surface area (Å²) in [6.45, 7) is 0.119. The van der Waals surface area contributed by atoms with Crippen LogP contribution in [0.2, 0.25) is 0 Å². The number of carboxylic acid groups (broad SMARTS) is 1. The van der Waals surface area contributed by atoms with Gasteiger partial charge in [0.05, 0.1) is 11.5 Å². The Balaban J connectivity index is 1.75. The Labute approximate surface area is 137 Å². The van der Waals surface area contributed by atoms with Crippen LogP contribution in [0.5, 0.6) is 0 Å². The Morgan fingerprint density at radius 3 is 2.17 bits per heavy atom. The van der Waals surface area contributed by atoms with Crippen LogP contribution in [-0.2, 0) is 17.5 Å². The van der Waals surface area contributed by atoms with Crippen molar-refractivity contribution in [3.63, 3.8) is 0 Å². The van der Waals surface area contributed by atoms with Gasteiger partial charge in [-0.2, -0.15) is 13.2 Å². The summed E-state index contributed by atoms with van der Waals surface area (Å²) in [7, 11) is 0. The average Bonchev–Trinajstić information content (AvgIpc) is 2.53. The van der Waals surface area contributed by atoms with Crippen LogP contribution in [0.15, 0.2) is 24.3 Å². The molecule has 1 aliphatic rings. The minimum absolute atomic E-state index is 0.0757. The lowest BCUT2D eigenvalue weighted by Crippen LogP contribution is -2.43. The van der Waals surface area contributed by atoms with Gasteiger partial charge in [-0.15, -0.1) is 0 Å². The molecule has 24 heavy (non-hydrogen) atoms. The zero-order valence-electron chi connectivity index (χ0n) is 12.9. The summed E-state index contributed by atoms with van der Waals surface area (Å²) in [5.74, 6) is -1.15. The Hall–Kier alpha value is -2.25. The van der Waals surface area contributed by atoms with Gasteiger partial charge in [0.2, 0.25) is 0 Å². The van der Waals surface area contributed by atoms with Crippen LogP contribution in [0, 0.1) is 5.92 Å². The fraction of sp³-hybridized carbons (Fsp3) is 0.500. The fourth-order valence-corrected chi connectivity index (χ4v) is 2.72. The van der Waals surface area contributed by atoms with Crippen LogP contribution >= 0.6 is 0 Å². The van der Waals surface area contributed by atoms with Gasteiger partial charge in [-0.3, -0.25) is 4.79 Å². The number of amides is 2. The number of urea groups is 1. The van der Waals surface area contributed by atoms with Gasteiger partial charge in [0.25, 0.3) is 0 Å². The highest BCUT2D eigenvalue weighted by Crippen LogP contribution is 2.29. The third kappa shape index (κ3) is 5.14. The summed E-state index contributed by atoms with van der Waals surface area (Å²) in [5.41, 5.74) is -0.168. The summed E-state index contributed by atoms with van der Waals surface area (Å²) in [5, 5.41) is 14.3. The number of alkyl halides is 3. The first-order valence-electron chi connectivity index (χ1n) is 7.69. The molecule has 0 aromatic heterocycles. The SMILES string of the molecule is O=C(NCc1ccc(C(F)(F)F)cc1)NC1CCC(C(=O)O)CC1. The predicted molar refractivity (Wildman–Crippen MR) is 80.2 cm³/mol. The normalized spacial score (nSPS) is 21.1. The number of hydrogen-bond acceptors (Lipinski definition) is 2. The minimum atomic E-state index is -4.38. The van der Waals surface area contributed by atoms with Crippen molar-refractivity contribution in [3.05, 3.63) is 35.4 Å². The Morgan fingerprint density at radius 1 is 1.08 bits per heavy atom. The first-order valence-corrected chi connectivity index (χ1v) is 7.69. The number of nitrogens with one attached hydrogen (secondary N) is 2. The molecular formula is C16H19F3N2O3. The zero-order chi connectivity index (χ0) is 17.7. The Morgan fingerprint density at radius 2 is 1.67 bits per heavy atom. The van der Waals surface area contributed by atoms with Crippen molar-refractivity contribution in [3.8, 4) is 0 Å². The van der Waals surface area contributed by atoms with E-state index in [0.29, 0.717) is 31.2 Å². The number of aliphatic carboxylic acids is 1. The van der Waals surface area contributed by atoms with Crippen LogP contribution in [0.1, 0.15) is 36.8 Å². The first-order chi connectivity index (χ1) is 11.3. The van der Waals surface area contributed by atoms with E-state index in [4.69, 9.17) is 5.11 Å². The molecule has 1 aromatic carbocycles. The molecule has 3 N–H and O–H groups in total. The van der Waals surface area contributed by atoms with Crippen LogP contribution in [0.3, 0.4) is 0 Å². The second-order valence-electron chi connectivity index (χ2n) is 5.91. The molecule has 0 bridgehead atoms. The third-order valence-electron chi connectivity index (χ3n) is 4.15. The number of benzene rings is 1. The molecule has 0 radical (unpaired) electrons. The second-order valence-corrected chi connectivity index (χ2v) is 5.91. The maximum Gasteiger partial charge on any atom is 0.416 e. The highest BCUT2D eigenvalue weighted by atomic mass is 19.4. The summed E-state index contributed by atoms with van der Waals surface area (Å²) in [6, 6.07) is 4.11. The predicted octanol–water partition coefficient (Wildman–Crippen LogP) is 3.15. The van der Waals surface area contributed by atoms with Gasteiger partial charge in [0, 0.05) is 12.6 Å². The van der Waals surface area contributed by atoms with Gasteiger partial charge >= 0.3 is 18.2 Å². The highest BCUT2D eigenvalue weighted by Gasteiger charge is 2.30. The van der Waals surface area contributed by atoms with E-state index in [9.17, 15) is 22.8 Å². The number of carbonyl (C=O) groups excluding carboxylic acids is 1. The molecule has 0 atom stereocenters. The zero-order valence-corrected chi connectivity index (χ0v) is 12.9. The standard InChI is InChI=1S/C16H19F3N2O3/c17-16(18,19)12-5-1-10(2-6-12)9-20-15(24)21-13-7-3-11(4-8-13)14(22)23/h1-2,5-6,11,13H,3-4,7-9H2,(H,22,23)(H2,20,21,24). The molecule has 0 aliphatic heterocycles. The van der Waals surface area contributed by atoms with Gasteiger partial charge in [-0.25, -0.2) is 4.79 Å². The van der Waals surface area contributed by atoms with E-state index < -0.39 is 23.7 Å². The molecule has 0 spiro atoms. The minimum Gasteiger partial charge on any atom is -0.481 e. The van der Waals surface area contributed by atoms with Gasteiger partial charge in [-0.1, -0.05) is 12.1 Å². The largest absolute Gasteiger partial charge is 0.481 e. The molecule has 2 rings (SSSR count). The maximum atomic E-state index is 12.5. The van der Waals surface area contributed by atoms with Crippen LogP contribution in [-0.4, -0.2) is 23.1 Å². The number of rotatable bonds is 4.